The Hall–Kier alpha value is -2.73. The van der Waals surface area contributed by atoms with E-state index in [1.54, 1.807) is 25.2 Å². The summed E-state index contributed by atoms with van der Waals surface area (Å²) >= 11 is 1.56. The van der Waals surface area contributed by atoms with Gasteiger partial charge in [-0.1, -0.05) is 24.3 Å². The van der Waals surface area contributed by atoms with Crippen molar-refractivity contribution < 1.29 is 14.3 Å². The number of nitrogens with one attached hydrogen (secondary N) is 1. The van der Waals surface area contributed by atoms with E-state index in [1.165, 1.54) is 0 Å². The monoisotopic (exact) mass is 368 g/mol. The van der Waals surface area contributed by atoms with Crippen molar-refractivity contribution >= 4 is 34.1 Å². The highest BCUT2D eigenvalue weighted by molar-refractivity contribution is 7.09. The third-order valence-electron chi connectivity index (χ3n) is 4.21. The van der Waals surface area contributed by atoms with Crippen molar-refractivity contribution in [2.24, 2.45) is 0 Å². The van der Waals surface area contributed by atoms with Crippen LogP contribution in [0.2, 0.25) is 0 Å². The Kier molecular flexibility index (Phi) is 5.32. The molecule has 1 amide bonds. The number of aromatic nitrogens is 1. The maximum atomic E-state index is 12.6. The Labute approximate surface area is 156 Å². The van der Waals surface area contributed by atoms with Gasteiger partial charge in [0.05, 0.1) is 23.3 Å². The Morgan fingerprint density at radius 2 is 1.96 bits per heavy atom. The van der Waals surface area contributed by atoms with Crippen molar-refractivity contribution in [3.05, 3.63) is 63.5 Å². The number of amides is 1. The third-order valence-corrected chi connectivity index (χ3v) is 5.08. The van der Waals surface area contributed by atoms with Gasteiger partial charge < -0.3 is 10.1 Å². The topological polar surface area (TPSA) is 68.3 Å². The minimum absolute atomic E-state index is 0.323. The Morgan fingerprint density at radius 3 is 2.69 bits per heavy atom. The molecule has 1 aromatic carbocycles. The SMILES string of the molecule is Cc1nc2ccccc2c(C)c1C(=O)OC(C)C(=O)NCc1cccs1. The maximum absolute atomic E-state index is 12.6. The van der Waals surface area contributed by atoms with Crippen LogP contribution in [0.15, 0.2) is 41.8 Å². The molecular weight excluding hydrogens is 348 g/mol. The molecule has 0 aliphatic rings. The Balaban J connectivity index is 1.73. The molecule has 1 N–H and O–H groups in total. The first-order valence-electron chi connectivity index (χ1n) is 8.34. The minimum atomic E-state index is -0.882. The highest BCUT2D eigenvalue weighted by Crippen LogP contribution is 2.23. The second-order valence-electron chi connectivity index (χ2n) is 6.06. The van der Waals surface area contributed by atoms with E-state index in [1.807, 2.05) is 48.7 Å². The highest BCUT2D eigenvalue weighted by Gasteiger charge is 2.23. The van der Waals surface area contributed by atoms with Gasteiger partial charge in [0.25, 0.3) is 5.91 Å². The summed E-state index contributed by atoms with van der Waals surface area (Å²) in [5.74, 6) is -0.854. The van der Waals surface area contributed by atoms with E-state index < -0.39 is 12.1 Å². The molecular formula is C20H20N2O3S. The average Bonchev–Trinajstić information content (AvgIpc) is 3.13. The molecule has 0 aliphatic carbocycles. The number of fused-ring (bicyclic) bond motifs is 1. The number of nitrogens with zero attached hydrogens (tertiary/aromatic N) is 1. The first-order valence-corrected chi connectivity index (χ1v) is 9.22. The fourth-order valence-corrected chi connectivity index (χ4v) is 3.48. The number of carbonyl (C=O) groups is 2. The summed E-state index contributed by atoms with van der Waals surface area (Å²) in [6, 6.07) is 11.5. The molecule has 1 atom stereocenters. The summed E-state index contributed by atoms with van der Waals surface area (Å²) in [6.45, 7) is 5.64. The smallest absolute Gasteiger partial charge is 0.341 e. The zero-order chi connectivity index (χ0) is 18.7. The van der Waals surface area contributed by atoms with Crippen molar-refractivity contribution in [3.63, 3.8) is 0 Å². The largest absolute Gasteiger partial charge is 0.449 e. The molecule has 134 valence electrons. The number of pyridine rings is 1. The molecule has 0 aliphatic heterocycles. The average molecular weight is 368 g/mol. The first kappa shape index (κ1) is 18.1. The van der Waals surface area contributed by atoms with Crippen LogP contribution >= 0.6 is 11.3 Å². The van der Waals surface area contributed by atoms with Crippen LogP contribution in [-0.2, 0) is 16.1 Å². The summed E-state index contributed by atoms with van der Waals surface area (Å²) < 4.78 is 5.39. The minimum Gasteiger partial charge on any atom is -0.449 e. The molecule has 0 radical (unpaired) electrons. The van der Waals surface area contributed by atoms with E-state index in [0.29, 0.717) is 17.8 Å². The molecule has 5 nitrogen and oxygen atoms in total. The number of esters is 1. The standard InChI is InChI=1S/C20H20N2O3S/c1-12-16-8-4-5-9-17(16)22-13(2)18(12)20(24)25-14(3)19(23)21-11-15-7-6-10-26-15/h4-10,14H,11H2,1-3H3,(H,21,23). The van der Waals surface area contributed by atoms with E-state index in [9.17, 15) is 9.59 Å². The fourth-order valence-electron chi connectivity index (χ4n) is 2.84. The summed E-state index contributed by atoms with van der Waals surface area (Å²) in [6.07, 6.45) is -0.882. The quantitative estimate of drug-likeness (QED) is 0.696. The molecule has 6 heteroatoms. The van der Waals surface area contributed by atoms with Gasteiger partial charge in [0.1, 0.15) is 0 Å². The van der Waals surface area contributed by atoms with Crippen molar-refractivity contribution in [2.45, 2.75) is 33.4 Å². The predicted molar refractivity (Wildman–Crippen MR) is 102 cm³/mol. The van der Waals surface area contributed by atoms with Crippen molar-refractivity contribution in [1.82, 2.24) is 10.3 Å². The second-order valence-corrected chi connectivity index (χ2v) is 7.09. The lowest BCUT2D eigenvalue weighted by Gasteiger charge is -2.16. The molecule has 1 unspecified atom stereocenters. The number of benzene rings is 1. The van der Waals surface area contributed by atoms with Gasteiger partial charge >= 0.3 is 5.97 Å². The molecule has 0 fully saturated rings. The third kappa shape index (κ3) is 3.75. The van der Waals surface area contributed by atoms with Crippen LogP contribution in [0.25, 0.3) is 10.9 Å². The first-order chi connectivity index (χ1) is 12.5. The lowest BCUT2D eigenvalue weighted by molar-refractivity contribution is -0.129. The van der Waals surface area contributed by atoms with Gasteiger partial charge in [0, 0.05) is 10.3 Å². The molecule has 0 saturated heterocycles. The van der Waals surface area contributed by atoms with Crippen LogP contribution < -0.4 is 5.32 Å². The highest BCUT2D eigenvalue weighted by atomic mass is 32.1. The van der Waals surface area contributed by atoms with Crippen molar-refractivity contribution in [1.29, 1.82) is 0 Å². The number of ether oxygens (including phenoxy) is 1. The van der Waals surface area contributed by atoms with Gasteiger partial charge in [-0.3, -0.25) is 9.78 Å². The number of thiophene rings is 1. The second kappa shape index (κ2) is 7.66. The van der Waals surface area contributed by atoms with E-state index >= 15 is 0 Å². The summed E-state index contributed by atoms with van der Waals surface area (Å²) in [5, 5.41) is 5.63. The zero-order valence-corrected chi connectivity index (χ0v) is 15.7. The van der Waals surface area contributed by atoms with Crippen LogP contribution in [0.5, 0.6) is 0 Å². The number of aryl methyl sites for hydroxylation is 2. The molecule has 26 heavy (non-hydrogen) atoms. The van der Waals surface area contributed by atoms with Crippen LogP contribution in [0.3, 0.4) is 0 Å². The van der Waals surface area contributed by atoms with E-state index in [2.05, 4.69) is 10.3 Å². The summed E-state index contributed by atoms with van der Waals surface area (Å²) in [5.41, 5.74) is 2.66. The van der Waals surface area contributed by atoms with Gasteiger partial charge in [0.15, 0.2) is 6.10 Å². The van der Waals surface area contributed by atoms with Crippen molar-refractivity contribution in [2.75, 3.05) is 0 Å². The Bertz CT molecular complexity index is 951. The number of hydrogen-bond acceptors (Lipinski definition) is 5. The lowest BCUT2D eigenvalue weighted by atomic mass is 10.0. The van der Waals surface area contributed by atoms with Gasteiger partial charge in [-0.15, -0.1) is 11.3 Å². The van der Waals surface area contributed by atoms with E-state index in [0.717, 1.165) is 21.3 Å². The molecule has 0 spiro atoms. The molecule has 0 saturated carbocycles. The summed E-state index contributed by atoms with van der Waals surface area (Å²) in [4.78, 5) is 30.3. The lowest BCUT2D eigenvalue weighted by Crippen LogP contribution is -2.35. The van der Waals surface area contributed by atoms with Crippen LogP contribution in [0.1, 0.15) is 33.4 Å². The summed E-state index contributed by atoms with van der Waals surface area (Å²) in [7, 11) is 0. The molecule has 2 aromatic heterocycles. The van der Waals surface area contributed by atoms with E-state index in [4.69, 9.17) is 4.74 Å². The van der Waals surface area contributed by atoms with E-state index in [-0.39, 0.29) is 5.91 Å². The van der Waals surface area contributed by atoms with Crippen LogP contribution in [-0.4, -0.2) is 23.0 Å². The number of rotatable bonds is 5. The van der Waals surface area contributed by atoms with Crippen LogP contribution in [0, 0.1) is 13.8 Å². The van der Waals surface area contributed by atoms with Gasteiger partial charge in [-0.2, -0.15) is 0 Å². The normalized spacial score (nSPS) is 12.0. The van der Waals surface area contributed by atoms with Gasteiger partial charge in [-0.25, -0.2) is 4.79 Å². The number of carbonyl (C=O) groups excluding carboxylic acids is 2. The number of hydrogen-bond donors (Lipinski definition) is 1. The van der Waals surface area contributed by atoms with Gasteiger partial charge in [0.2, 0.25) is 0 Å². The number of para-hydroxylation sites is 1. The molecule has 3 aromatic rings. The predicted octanol–water partition coefficient (Wildman–Crippen LogP) is 3.77. The fraction of sp³-hybridized carbons (Fsp3) is 0.250. The van der Waals surface area contributed by atoms with Gasteiger partial charge in [-0.05, 0) is 43.8 Å². The molecule has 0 bridgehead atoms. The van der Waals surface area contributed by atoms with Crippen LogP contribution in [0.4, 0.5) is 0 Å². The molecule has 2 heterocycles. The maximum Gasteiger partial charge on any atom is 0.341 e. The van der Waals surface area contributed by atoms with Crippen molar-refractivity contribution in [3.8, 4) is 0 Å². The zero-order valence-electron chi connectivity index (χ0n) is 14.9. The Morgan fingerprint density at radius 1 is 1.19 bits per heavy atom. The molecule has 3 rings (SSSR count).